The lowest BCUT2D eigenvalue weighted by Crippen LogP contribution is -2.46. The van der Waals surface area contributed by atoms with Crippen LogP contribution >= 0.6 is 11.6 Å². The zero-order chi connectivity index (χ0) is 22.6. The molecule has 0 radical (unpaired) electrons. The van der Waals surface area contributed by atoms with Gasteiger partial charge in [0.2, 0.25) is 0 Å². The van der Waals surface area contributed by atoms with Gasteiger partial charge < -0.3 is 15.0 Å². The third kappa shape index (κ3) is 6.31. The number of carbonyl (C=O) groups excluding carboxylic acids is 1. The van der Waals surface area contributed by atoms with Gasteiger partial charge in [0, 0.05) is 36.1 Å². The summed E-state index contributed by atoms with van der Waals surface area (Å²) in [4.78, 5) is 34.8. The molecule has 0 bridgehead atoms. The summed E-state index contributed by atoms with van der Waals surface area (Å²) < 4.78 is 5.76. The fraction of sp³-hybridized carbons (Fsp3) is 0.522. The number of rotatable bonds is 6. The van der Waals surface area contributed by atoms with E-state index in [0.717, 1.165) is 38.2 Å². The molecule has 1 amide bonds. The van der Waals surface area contributed by atoms with Crippen molar-refractivity contribution in [3.05, 3.63) is 56.7 Å². The van der Waals surface area contributed by atoms with Gasteiger partial charge in [0.25, 0.3) is 11.5 Å². The van der Waals surface area contributed by atoms with Crippen LogP contribution in [0.1, 0.15) is 55.5 Å². The molecule has 8 heteroatoms. The summed E-state index contributed by atoms with van der Waals surface area (Å²) in [5, 5.41) is 3.70. The van der Waals surface area contributed by atoms with Crippen molar-refractivity contribution in [2.75, 3.05) is 26.2 Å². The summed E-state index contributed by atoms with van der Waals surface area (Å²) in [5.41, 5.74) is -0.107. The predicted molar refractivity (Wildman–Crippen MR) is 122 cm³/mol. The van der Waals surface area contributed by atoms with Crippen molar-refractivity contribution in [3.63, 3.8) is 0 Å². The van der Waals surface area contributed by atoms with Crippen molar-refractivity contribution >= 4 is 17.5 Å². The maximum atomic E-state index is 12.7. The van der Waals surface area contributed by atoms with Crippen LogP contribution < -0.4 is 15.6 Å². The first-order valence-corrected chi connectivity index (χ1v) is 11.0. The number of aromatic amines is 1. The Morgan fingerprint density at radius 2 is 1.90 bits per heavy atom. The van der Waals surface area contributed by atoms with Gasteiger partial charge in [-0.1, -0.05) is 32.4 Å². The molecular weight excluding hydrogens is 416 g/mol. The van der Waals surface area contributed by atoms with Gasteiger partial charge in [-0.2, -0.15) is 0 Å². The Labute approximate surface area is 188 Å². The van der Waals surface area contributed by atoms with Crippen LogP contribution in [0.5, 0.6) is 5.75 Å². The van der Waals surface area contributed by atoms with Crippen molar-refractivity contribution in [3.8, 4) is 5.75 Å². The molecule has 1 aliphatic heterocycles. The number of piperidine rings is 1. The van der Waals surface area contributed by atoms with Gasteiger partial charge in [0.1, 0.15) is 23.7 Å². The average Bonchev–Trinajstić information content (AvgIpc) is 2.69. The number of halogens is 1. The second-order valence-corrected chi connectivity index (χ2v) is 9.45. The normalized spacial score (nSPS) is 15.6. The lowest BCUT2D eigenvalue weighted by molar-refractivity contribution is 0.0902. The molecule has 0 spiro atoms. The van der Waals surface area contributed by atoms with E-state index in [1.165, 1.54) is 0 Å². The molecule has 31 heavy (non-hydrogen) atoms. The fourth-order valence-electron chi connectivity index (χ4n) is 3.59. The minimum absolute atomic E-state index is 0.0435. The number of likely N-dealkylation sites (tertiary alicyclic amines) is 1. The zero-order valence-electron chi connectivity index (χ0n) is 18.6. The second kappa shape index (κ2) is 9.83. The molecule has 0 saturated carbocycles. The van der Waals surface area contributed by atoms with E-state index >= 15 is 0 Å². The highest BCUT2D eigenvalue weighted by atomic mass is 35.5. The van der Waals surface area contributed by atoms with E-state index in [2.05, 4.69) is 20.2 Å². The Morgan fingerprint density at radius 3 is 2.48 bits per heavy atom. The number of benzene rings is 1. The number of nitrogens with one attached hydrogen (secondary N) is 2. The Morgan fingerprint density at radius 1 is 1.26 bits per heavy atom. The van der Waals surface area contributed by atoms with Crippen LogP contribution in [0.15, 0.2) is 29.1 Å². The summed E-state index contributed by atoms with van der Waals surface area (Å²) in [6.07, 6.45) is 1.66. The average molecular weight is 447 g/mol. The number of nitrogens with zero attached hydrogens (tertiary/aromatic N) is 2. The van der Waals surface area contributed by atoms with E-state index in [1.807, 2.05) is 45.0 Å². The smallest absolute Gasteiger partial charge is 0.264 e. The SMILES string of the molecule is Cc1nc(C(C)(C)C)[nH]c(=O)c1C(=O)NC1CCN(CCOc2ccc(Cl)cc2)CC1. The van der Waals surface area contributed by atoms with Crippen molar-refractivity contribution in [1.82, 2.24) is 20.2 Å². The molecule has 1 fully saturated rings. The van der Waals surface area contributed by atoms with Crippen LogP contribution in [0.3, 0.4) is 0 Å². The Balaban J connectivity index is 1.48. The highest BCUT2D eigenvalue weighted by molar-refractivity contribution is 6.30. The molecule has 1 aromatic heterocycles. The number of amides is 1. The highest BCUT2D eigenvalue weighted by Gasteiger charge is 2.25. The van der Waals surface area contributed by atoms with Crippen LogP contribution in [-0.4, -0.2) is 53.1 Å². The van der Waals surface area contributed by atoms with E-state index < -0.39 is 0 Å². The minimum Gasteiger partial charge on any atom is -0.492 e. The number of carbonyl (C=O) groups is 1. The van der Waals surface area contributed by atoms with E-state index in [1.54, 1.807) is 6.92 Å². The second-order valence-electron chi connectivity index (χ2n) is 9.02. The largest absolute Gasteiger partial charge is 0.492 e. The third-order valence-corrected chi connectivity index (χ3v) is 5.70. The van der Waals surface area contributed by atoms with Gasteiger partial charge in [0.15, 0.2) is 0 Å². The monoisotopic (exact) mass is 446 g/mol. The molecule has 7 nitrogen and oxygen atoms in total. The first-order chi connectivity index (χ1) is 14.6. The van der Waals surface area contributed by atoms with Crippen molar-refractivity contribution < 1.29 is 9.53 Å². The van der Waals surface area contributed by atoms with Gasteiger partial charge in [0.05, 0.1) is 5.69 Å². The lowest BCUT2D eigenvalue weighted by Gasteiger charge is -2.32. The van der Waals surface area contributed by atoms with Gasteiger partial charge >= 0.3 is 0 Å². The summed E-state index contributed by atoms with van der Waals surface area (Å²) in [7, 11) is 0. The van der Waals surface area contributed by atoms with Crippen LogP contribution in [-0.2, 0) is 5.41 Å². The molecule has 2 N–H and O–H groups in total. The van der Waals surface area contributed by atoms with Crippen molar-refractivity contribution in [2.45, 2.75) is 52.0 Å². The van der Waals surface area contributed by atoms with Gasteiger partial charge in [-0.3, -0.25) is 14.5 Å². The highest BCUT2D eigenvalue weighted by Crippen LogP contribution is 2.18. The number of aromatic nitrogens is 2. The maximum Gasteiger partial charge on any atom is 0.264 e. The number of ether oxygens (including phenoxy) is 1. The number of hydrogen-bond donors (Lipinski definition) is 2. The van der Waals surface area contributed by atoms with Crippen molar-refractivity contribution in [1.29, 1.82) is 0 Å². The molecule has 0 aliphatic carbocycles. The van der Waals surface area contributed by atoms with E-state index in [9.17, 15) is 9.59 Å². The number of hydrogen-bond acceptors (Lipinski definition) is 5. The van der Waals surface area contributed by atoms with E-state index in [4.69, 9.17) is 16.3 Å². The molecule has 2 heterocycles. The van der Waals surface area contributed by atoms with Crippen LogP contribution in [0.4, 0.5) is 0 Å². The maximum absolute atomic E-state index is 12.7. The third-order valence-electron chi connectivity index (χ3n) is 5.45. The lowest BCUT2D eigenvalue weighted by atomic mass is 9.95. The standard InChI is InChI=1S/C23H31ClN4O3/c1-15-19(21(30)27-22(25-15)23(2,3)4)20(29)26-17-9-11-28(12-10-17)13-14-31-18-7-5-16(24)6-8-18/h5-8,17H,9-14H2,1-4H3,(H,26,29)(H,25,27,30). The Bertz CT molecular complexity index is 958. The molecule has 1 aliphatic rings. The van der Waals surface area contributed by atoms with E-state index in [-0.39, 0.29) is 28.5 Å². The summed E-state index contributed by atoms with van der Waals surface area (Å²) >= 11 is 5.88. The van der Waals surface area contributed by atoms with Crippen LogP contribution in [0, 0.1) is 6.92 Å². The molecule has 1 aromatic carbocycles. The molecule has 1 saturated heterocycles. The predicted octanol–water partition coefficient (Wildman–Crippen LogP) is 3.30. The zero-order valence-corrected chi connectivity index (χ0v) is 19.4. The number of H-pyrrole nitrogens is 1. The molecular formula is C23H31ClN4O3. The topological polar surface area (TPSA) is 87.3 Å². The summed E-state index contributed by atoms with van der Waals surface area (Å²) in [5.74, 6) is 1.04. The number of aryl methyl sites for hydroxylation is 1. The van der Waals surface area contributed by atoms with Crippen molar-refractivity contribution in [2.24, 2.45) is 0 Å². The first kappa shape index (κ1) is 23.3. The summed E-state index contributed by atoms with van der Waals surface area (Å²) in [6.45, 7) is 10.8. The quantitative estimate of drug-likeness (QED) is 0.710. The molecule has 0 atom stereocenters. The minimum atomic E-state index is -0.383. The summed E-state index contributed by atoms with van der Waals surface area (Å²) in [6, 6.07) is 7.38. The van der Waals surface area contributed by atoms with Crippen LogP contribution in [0.25, 0.3) is 0 Å². The van der Waals surface area contributed by atoms with E-state index in [0.29, 0.717) is 23.1 Å². The van der Waals surface area contributed by atoms with Gasteiger partial charge in [-0.25, -0.2) is 4.98 Å². The van der Waals surface area contributed by atoms with Crippen LogP contribution in [0.2, 0.25) is 5.02 Å². The first-order valence-electron chi connectivity index (χ1n) is 10.7. The molecule has 2 aromatic rings. The van der Waals surface area contributed by atoms with Gasteiger partial charge in [-0.15, -0.1) is 0 Å². The van der Waals surface area contributed by atoms with Gasteiger partial charge in [-0.05, 0) is 44.0 Å². The molecule has 0 unspecified atom stereocenters. The molecule has 3 rings (SSSR count). The Kier molecular flexibility index (Phi) is 7.38. The Hall–Kier alpha value is -2.38. The fourth-order valence-corrected chi connectivity index (χ4v) is 3.72. The molecule has 168 valence electrons.